The van der Waals surface area contributed by atoms with Crippen molar-refractivity contribution in [3.05, 3.63) is 60.8 Å². The Kier molecular flexibility index (Phi) is 61.2. The number of carbonyl (C=O) groups is 3. The van der Waals surface area contributed by atoms with Crippen LogP contribution in [0.5, 0.6) is 0 Å². The first-order valence-electron chi connectivity index (χ1n) is 32.8. The van der Waals surface area contributed by atoms with Crippen LogP contribution in [0.1, 0.15) is 342 Å². The SMILES string of the molecule is CC/C=C\C/C=C\C/C=C\C/C=C\CCCCCCCCCCCCCCC(=O)OCC(COC(=O)CCCCCCCCCCCCCCC)OC(=O)CCCCCCCCCCC/C=C\CCCCCCCC. The van der Waals surface area contributed by atoms with Crippen LogP contribution >= 0.6 is 0 Å². The molecule has 0 aliphatic carbocycles. The van der Waals surface area contributed by atoms with Crippen LogP contribution in [0.2, 0.25) is 0 Å². The highest BCUT2D eigenvalue weighted by Crippen LogP contribution is 2.17. The zero-order valence-electron chi connectivity index (χ0n) is 50.1. The van der Waals surface area contributed by atoms with Gasteiger partial charge in [0, 0.05) is 19.3 Å². The van der Waals surface area contributed by atoms with Crippen molar-refractivity contribution in [1.29, 1.82) is 0 Å². The summed E-state index contributed by atoms with van der Waals surface area (Å²) in [5.74, 6) is -0.855. The van der Waals surface area contributed by atoms with E-state index in [1.54, 1.807) is 0 Å². The zero-order valence-corrected chi connectivity index (χ0v) is 50.1. The van der Waals surface area contributed by atoms with Gasteiger partial charge >= 0.3 is 17.9 Å². The Hall–Kier alpha value is -2.89. The van der Waals surface area contributed by atoms with Crippen molar-refractivity contribution in [2.24, 2.45) is 0 Å². The van der Waals surface area contributed by atoms with Gasteiger partial charge in [0.15, 0.2) is 6.10 Å². The summed E-state index contributed by atoms with van der Waals surface area (Å²) in [6.07, 6.45) is 80.8. The highest BCUT2D eigenvalue weighted by atomic mass is 16.6. The molecule has 0 aromatic carbocycles. The number of esters is 3. The summed E-state index contributed by atoms with van der Waals surface area (Å²) >= 11 is 0. The first kappa shape index (κ1) is 72.1. The van der Waals surface area contributed by atoms with E-state index in [0.717, 1.165) is 83.5 Å². The van der Waals surface area contributed by atoms with Crippen LogP contribution in [0.3, 0.4) is 0 Å². The second kappa shape index (κ2) is 63.6. The van der Waals surface area contributed by atoms with E-state index in [1.165, 1.54) is 218 Å². The fourth-order valence-corrected chi connectivity index (χ4v) is 9.61. The molecule has 0 aromatic rings. The Morgan fingerprint density at radius 3 is 0.827 bits per heavy atom. The van der Waals surface area contributed by atoms with E-state index < -0.39 is 6.10 Å². The van der Waals surface area contributed by atoms with E-state index in [9.17, 15) is 14.4 Å². The Bertz CT molecular complexity index is 1340. The summed E-state index contributed by atoms with van der Waals surface area (Å²) in [5, 5.41) is 0. The van der Waals surface area contributed by atoms with E-state index in [1.807, 2.05) is 0 Å². The molecule has 0 saturated heterocycles. The largest absolute Gasteiger partial charge is 0.462 e. The molecule has 0 aliphatic rings. The molecule has 0 N–H and O–H groups in total. The molecule has 6 heteroatoms. The molecule has 0 spiro atoms. The lowest BCUT2D eigenvalue weighted by Gasteiger charge is -2.18. The third-order valence-corrected chi connectivity index (χ3v) is 14.5. The van der Waals surface area contributed by atoms with Crippen molar-refractivity contribution in [2.75, 3.05) is 13.2 Å². The number of carbonyl (C=O) groups excluding carboxylic acids is 3. The minimum atomic E-state index is -0.774. The van der Waals surface area contributed by atoms with Crippen LogP contribution in [-0.2, 0) is 28.6 Å². The summed E-state index contributed by atoms with van der Waals surface area (Å²) in [4.78, 5) is 38.3. The maximum absolute atomic E-state index is 12.9. The monoisotopic (exact) mass is 1050 g/mol. The van der Waals surface area contributed by atoms with E-state index in [0.29, 0.717) is 19.3 Å². The predicted molar refractivity (Wildman–Crippen MR) is 325 cm³/mol. The molecule has 436 valence electrons. The third-order valence-electron chi connectivity index (χ3n) is 14.5. The second-order valence-electron chi connectivity index (χ2n) is 22.0. The molecule has 0 aliphatic heterocycles. The third kappa shape index (κ3) is 61.8. The van der Waals surface area contributed by atoms with Gasteiger partial charge < -0.3 is 14.2 Å². The topological polar surface area (TPSA) is 78.9 Å². The van der Waals surface area contributed by atoms with Crippen LogP contribution in [0.4, 0.5) is 0 Å². The van der Waals surface area contributed by atoms with Gasteiger partial charge in [0.25, 0.3) is 0 Å². The molecule has 1 unspecified atom stereocenters. The number of hydrogen-bond donors (Lipinski definition) is 0. The molecular weight excluding hydrogens is 925 g/mol. The highest BCUT2D eigenvalue weighted by Gasteiger charge is 2.19. The van der Waals surface area contributed by atoms with E-state index in [-0.39, 0.29) is 31.1 Å². The number of unbranched alkanes of at least 4 members (excludes halogenated alkanes) is 39. The first-order valence-corrected chi connectivity index (χ1v) is 32.8. The summed E-state index contributed by atoms with van der Waals surface area (Å²) in [7, 11) is 0. The minimum absolute atomic E-state index is 0.0710. The van der Waals surface area contributed by atoms with Crippen molar-refractivity contribution in [2.45, 2.75) is 348 Å². The fraction of sp³-hybridized carbons (Fsp3) is 0.812. The lowest BCUT2D eigenvalue weighted by Crippen LogP contribution is -2.30. The van der Waals surface area contributed by atoms with Crippen molar-refractivity contribution in [3.8, 4) is 0 Å². The second-order valence-corrected chi connectivity index (χ2v) is 22.0. The van der Waals surface area contributed by atoms with Crippen molar-refractivity contribution in [3.63, 3.8) is 0 Å². The smallest absolute Gasteiger partial charge is 0.306 e. The molecule has 1 atom stereocenters. The lowest BCUT2D eigenvalue weighted by atomic mass is 10.0. The van der Waals surface area contributed by atoms with Crippen LogP contribution in [0.25, 0.3) is 0 Å². The summed E-state index contributed by atoms with van der Waals surface area (Å²) < 4.78 is 17.0. The van der Waals surface area contributed by atoms with Crippen molar-refractivity contribution in [1.82, 2.24) is 0 Å². The molecule has 0 fully saturated rings. The Labute approximate surface area is 466 Å². The molecule has 0 heterocycles. The Balaban J connectivity index is 4.28. The molecule has 0 radical (unpaired) electrons. The van der Waals surface area contributed by atoms with E-state index in [4.69, 9.17) is 14.2 Å². The van der Waals surface area contributed by atoms with Crippen LogP contribution < -0.4 is 0 Å². The fourth-order valence-electron chi connectivity index (χ4n) is 9.61. The Morgan fingerprint density at radius 2 is 0.520 bits per heavy atom. The summed E-state index contributed by atoms with van der Waals surface area (Å²) in [6.45, 7) is 6.57. The number of hydrogen-bond acceptors (Lipinski definition) is 6. The van der Waals surface area contributed by atoms with Gasteiger partial charge in [0.1, 0.15) is 13.2 Å². The van der Waals surface area contributed by atoms with Gasteiger partial charge in [-0.15, -0.1) is 0 Å². The summed E-state index contributed by atoms with van der Waals surface area (Å²) in [6, 6.07) is 0. The van der Waals surface area contributed by atoms with E-state index in [2.05, 4.69) is 81.5 Å². The van der Waals surface area contributed by atoms with Gasteiger partial charge in [-0.2, -0.15) is 0 Å². The molecule has 0 bridgehead atoms. The van der Waals surface area contributed by atoms with Gasteiger partial charge in [0.05, 0.1) is 0 Å². The minimum Gasteiger partial charge on any atom is -0.462 e. The maximum atomic E-state index is 12.9. The quantitative estimate of drug-likeness (QED) is 0.0261. The van der Waals surface area contributed by atoms with Gasteiger partial charge in [0.2, 0.25) is 0 Å². The number of rotatable bonds is 60. The lowest BCUT2D eigenvalue weighted by molar-refractivity contribution is -0.167. The number of ether oxygens (including phenoxy) is 3. The van der Waals surface area contributed by atoms with Crippen LogP contribution in [0, 0.1) is 0 Å². The molecule has 0 amide bonds. The van der Waals surface area contributed by atoms with Gasteiger partial charge in [-0.1, -0.05) is 300 Å². The normalized spacial score (nSPS) is 12.4. The molecule has 0 aromatic heterocycles. The zero-order chi connectivity index (χ0) is 54.3. The van der Waals surface area contributed by atoms with Gasteiger partial charge in [-0.3, -0.25) is 14.4 Å². The molecule has 75 heavy (non-hydrogen) atoms. The molecule has 0 rings (SSSR count). The van der Waals surface area contributed by atoms with Crippen LogP contribution in [0.15, 0.2) is 60.8 Å². The highest BCUT2D eigenvalue weighted by molar-refractivity contribution is 5.71. The van der Waals surface area contributed by atoms with Crippen molar-refractivity contribution < 1.29 is 28.6 Å². The summed E-state index contributed by atoms with van der Waals surface area (Å²) in [5.41, 5.74) is 0. The predicted octanol–water partition coefficient (Wildman–Crippen LogP) is 22.3. The molecular formula is C69H124O6. The van der Waals surface area contributed by atoms with Gasteiger partial charge in [-0.05, 0) is 83.5 Å². The molecule has 0 saturated carbocycles. The van der Waals surface area contributed by atoms with E-state index >= 15 is 0 Å². The average molecular weight is 1050 g/mol. The Morgan fingerprint density at radius 1 is 0.280 bits per heavy atom. The molecule has 6 nitrogen and oxygen atoms in total. The number of allylic oxidation sites excluding steroid dienone is 10. The maximum Gasteiger partial charge on any atom is 0.306 e. The first-order chi connectivity index (χ1) is 37.0. The standard InChI is InChI=1S/C69H124O6/c1-4-7-10-13-16-19-22-25-27-29-31-32-33-34-35-36-38-39-41-44-47-50-53-56-59-62-68(71)74-65-66(64-73-67(70)61-58-55-52-49-46-43-24-21-18-15-12-9-6-3)75-69(72)63-60-57-54-51-48-45-42-40-37-30-28-26-23-20-17-14-11-8-5-2/h7,10,16,19,25-28,31-32,66H,4-6,8-9,11-15,17-18,20-24,29-30,33-65H2,1-3H3/b10-7-,19-16-,27-25-,28-26-,32-31-. The van der Waals surface area contributed by atoms with Crippen LogP contribution in [-0.4, -0.2) is 37.2 Å². The van der Waals surface area contributed by atoms with Crippen molar-refractivity contribution >= 4 is 17.9 Å². The average Bonchev–Trinajstić information content (AvgIpc) is 3.41. The van der Waals surface area contributed by atoms with Gasteiger partial charge in [-0.25, -0.2) is 0 Å².